The van der Waals surface area contributed by atoms with Gasteiger partial charge in [0.15, 0.2) is 0 Å². The molecule has 19 heavy (non-hydrogen) atoms. The number of hydrogen-bond acceptors (Lipinski definition) is 3. The van der Waals surface area contributed by atoms with Gasteiger partial charge in [-0.25, -0.2) is 8.42 Å². The predicted octanol–water partition coefficient (Wildman–Crippen LogP) is 1.70. The van der Waals surface area contributed by atoms with Crippen molar-refractivity contribution in [3.8, 4) is 0 Å². The number of halogens is 1. The van der Waals surface area contributed by atoms with Crippen molar-refractivity contribution in [2.24, 2.45) is 0 Å². The van der Waals surface area contributed by atoms with Gasteiger partial charge in [-0.2, -0.15) is 4.31 Å². The van der Waals surface area contributed by atoms with Crippen LogP contribution in [0.3, 0.4) is 0 Å². The molecule has 1 heterocycles. The maximum atomic E-state index is 12.6. The second kappa shape index (κ2) is 6.35. The zero-order valence-electron chi connectivity index (χ0n) is 11.0. The maximum absolute atomic E-state index is 12.6. The quantitative estimate of drug-likeness (QED) is 0.779. The summed E-state index contributed by atoms with van der Waals surface area (Å²) in [5.41, 5.74) is 0.811. The van der Waals surface area contributed by atoms with Gasteiger partial charge in [0, 0.05) is 38.1 Å². The molecule has 1 aromatic rings. The van der Waals surface area contributed by atoms with Crippen LogP contribution in [-0.4, -0.2) is 55.7 Å². The molecule has 2 rings (SSSR count). The Labute approximate surface area is 123 Å². The molecule has 0 N–H and O–H groups in total. The first-order chi connectivity index (χ1) is 9.05. The van der Waals surface area contributed by atoms with Crippen LogP contribution in [0.25, 0.3) is 0 Å². The van der Waals surface area contributed by atoms with E-state index in [-0.39, 0.29) is 0 Å². The van der Waals surface area contributed by atoms with E-state index in [1.165, 1.54) is 0 Å². The SMILES string of the molecule is Cc1ccccc1S(=O)(=O)N1CCN(CCBr)CC1. The van der Waals surface area contributed by atoms with E-state index in [2.05, 4.69) is 20.8 Å². The summed E-state index contributed by atoms with van der Waals surface area (Å²) in [7, 11) is -3.34. The average Bonchev–Trinajstić information content (AvgIpc) is 2.40. The van der Waals surface area contributed by atoms with Crippen molar-refractivity contribution in [3.63, 3.8) is 0 Å². The Kier molecular flexibility index (Phi) is 5.00. The molecular weight excluding hydrogens is 328 g/mol. The third-order valence-electron chi connectivity index (χ3n) is 3.44. The van der Waals surface area contributed by atoms with E-state index < -0.39 is 10.0 Å². The van der Waals surface area contributed by atoms with Crippen molar-refractivity contribution in [1.29, 1.82) is 0 Å². The molecule has 0 aromatic heterocycles. The zero-order valence-corrected chi connectivity index (χ0v) is 13.5. The Morgan fingerprint density at radius 2 is 1.79 bits per heavy atom. The Morgan fingerprint density at radius 3 is 2.37 bits per heavy atom. The first-order valence-electron chi connectivity index (χ1n) is 6.40. The van der Waals surface area contributed by atoms with Gasteiger partial charge in [-0.15, -0.1) is 0 Å². The van der Waals surface area contributed by atoms with E-state index in [4.69, 9.17) is 0 Å². The lowest BCUT2D eigenvalue weighted by Crippen LogP contribution is -2.49. The molecule has 0 unspecified atom stereocenters. The van der Waals surface area contributed by atoms with Crippen molar-refractivity contribution < 1.29 is 8.42 Å². The molecule has 0 amide bonds. The van der Waals surface area contributed by atoms with Gasteiger partial charge in [0.05, 0.1) is 4.90 Å². The minimum atomic E-state index is -3.34. The van der Waals surface area contributed by atoms with Crippen LogP contribution >= 0.6 is 15.9 Å². The number of aryl methyl sites for hydroxylation is 1. The fraction of sp³-hybridized carbons (Fsp3) is 0.538. The number of hydrogen-bond donors (Lipinski definition) is 0. The number of rotatable bonds is 4. The first kappa shape index (κ1) is 15.0. The largest absolute Gasteiger partial charge is 0.300 e. The van der Waals surface area contributed by atoms with Crippen molar-refractivity contribution in [2.45, 2.75) is 11.8 Å². The summed E-state index contributed by atoms with van der Waals surface area (Å²) in [6.07, 6.45) is 0. The zero-order chi connectivity index (χ0) is 13.9. The van der Waals surface area contributed by atoms with Crippen LogP contribution in [0.4, 0.5) is 0 Å². The number of alkyl halides is 1. The van der Waals surface area contributed by atoms with E-state index in [0.717, 1.165) is 30.5 Å². The topological polar surface area (TPSA) is 40.6 Å². The molecule has 1 aromatic carbocycles. The molecular formula is C13H19BrN2O2S. The summed E-state index contributed by atoms with van der Waals surface area (Å²) in [6, 6.07) is 7.17. The van der Waals surface area contributed by atoms with Crippen molar-refractivity contribution >= 4 is 26.0 Å². The Bertz CT molecular complexity index is 525. The maximum Gasteiger partial charge on any atom is 0.243 e. The van der Waals surface area contributed by atoms with Gasteiger partial charge in [0.25, 0.3) is 0 Å². The van der Waals surface area contributed by atoms with Crippen molar-refractivity contribution in [1.82, 2.24) is 9.21 Å². The third-order valence-corrected chi connectivity index (χ3v) is 5.86. The normalized spacial score (nSPS) is 18.6. The Hall–Kier alpha value is -0.430. The molecule has 1 saturated heterocycles. The lowest BCUT2D eigenvalue weighted by molar-refractivity contribution is 0.198. The van der Waals surface area contributed by atoms with Gasteiger partial charge in [-0.05, 0) is 18.6 Å². The number of piperazine rings is 1. The molecule has 0 bridgehead atoms. The van der Waals surface area contributed by atoms with E-state index in [0.29, 0.717) is 18.0 Å². The second-order valence-corrected chi connectivity index (χ2v) is 7.40. The molecule has 0 radical (unpaired) electrons. The fourth-order valence-corrected chi connectivity index (χ4v) is 4.45. The summed E-state index contributed by atoms with van der Waals surface area (Å²) >= 11 is 3.41. The lowest BCUT2D eigenvalue weighted by Gasteiger charge is -2.33. The molecule has 0 saturated carbocycles. The standard InChI is InChI=1S/C13H19BrN2O2S/c1-12-4-2-3-5-13(12)19(17,18)16-10-8-15(7-6-14)9-11-16/h2-5H,6-11H2,1H3. The van der Waals surface area contributed by atoms with E-state index in [1.807, 2.05) is 19.1 Å². The van der Waals surface area contributed by atoms with Crippen molar-refractivity contribution in [3.05, 3.63) is 29.8 Å². The highest BCUT2D eigenvalue weighted by Crippen LogP contribution is 2.20. The molecule has 1 aliphatic rings. The molecule has 0 aliphatic carbocycles. The summed E-state index contributed by atoms with van der Waals surface area (Å²) in [5, 5.41) is 0.928. The van der Waals surface area contributed by atoms with Gasteiger partial charge < -0.3 is 0 Å². The molecule has 0 atom stereocenters. The molecule has 1 aliphatic heterocycles. The van der Waals surface area contributed by atoms with Gasteiger partial charge in [-0.3, -0.25) is 4.90 Å². The van der Waals surface area contributed by atoms with E-state index >= 15 is 0 Å². The molecule has 0 spiro atoms. The second-order valence-electron chi connectivity index (χ2n) is 4.70. The highest BCUT2D eigenvalue weighted by atomic mass is 79.9. The van der Waals surface area contributed by atoms with Gasteiger partial charge in [0.2, 0.25) is 10.0 Å². The average molecular weight is 347 g/mol. The predicted molar refractivity (Wildman–Crippen MR) is 80.2 cm³/mol. The van der Waals surface area contributed by atoms with Gasteiger partial charge in [-0.1, -0.05) is 34.1 Å². The van der Waals surface area contributed by atoms with Crippen LogP contribution in [0, 0.1) is 6.92 Å². The number of sulfonamides is 1. The molecule has 1 fully saturated rings. The minimum Gasteiger partial charge on any atom is -0.300 e. The number of benzene rings is 1. The van der Waals surface area contributed by atoms with Crippen LogP contribution in [0.2, 0.25) is 0 Å². The third kappa shape index (κ3) is 3.37. The first-order valence-corrected chi connectivity index (χ1v) is 8.96. The summed E-state index contributed by atoms with van der Waals surface area (Å²) in [4.78, 5) is 2.71. The molecule has 4 nitrogen and oxygen atoms in total. The Morgan fingerprint density at radius 1 is 1.16 bits per heavy atom. The highest BCUT2D eigenvalue weighted by Gasteiger charge is 2.28. The van der Waals surface area contributed by atoms with Crippen LogP contribution in [0.5, 0.6) is 0 Å². The Balaban J connectivity index is 2.12. The fourth-order valence-electron chi connectivity index (χ4n) is 2.30. The highest BCUT2D eigenvalue weighted by molar-refractivity contribution is 9.09. The summed E-state index contributed by atoms with van der Waals surface area (Å²) < 4.78 is 26.7. The van der Waals surface area contributed by atoms with Crippen LogP contribution in [0.15, 0.2) is 29.2 Å². The summed E-state index contributed by atoms with van der Waals surface area (Å²) in [5.74, 6) is 0. The van der Waals surface area contributed by atoms with Crippen LogP contribution in [-0.2, 0) is 10.0 Å². The number of nitrogens with zero attached hydrogens (tertiary/aromatic N) is 2. The van der Waals surface area contributed by atoms with Gasteiger partial charge in [0.1, 0.15) is 0 Å². The van der Waals surface area contributed by atoms with Crippen molar-refractivity contribution in [2.75, 3.05) is 38.1 Å². The van der Waals surface area contributed by atoms with Crippen LogP contribution < -0.4 is 0 Å². The van der Waals surface area contributed by atoms with Crippen LogP contribution in [0.1, 0.15) is 5.56 Å². The monoisotopic (exact) mass is 346 g/mol. The minimum absolute atomic E-state index is 0.434. The summed E-state index contributed by atoms with van der Waals surface area (Å²) in [6.45, 7) is 5.56. The van der Waals surface area contributed by atoms with Gasteiger partial charge >= 0.3 is 0 Å². The molecule has 106 valence electrons. The van der Waals surface area contributed by atoms with E-state index in [9.17, 15) is 8.42 Å². The molecule has 6 heteroatoms. The smallest absolute Gasteiger partial charge is 0.243 e. The lowest BCUT2D eigenvalue weighted by atomic mass is 10.2. The van der Waals surface area contributed by atoms with E-state index in [1.54, 1.807) is 16.4 Å².